The van der Waals surface area contributed by atoms with Crippen molar-refractivity contribution in [3.8, 4) is 40.5 Å². The van der Waals surface area contributed by atoms with Gasteiger partial charge in [-0.3, -0.25) is 0 Å². The van der Waals surface area contributed by atoms with Gasteiger partial charge in [-0.15, -0.1) is 11.8 Å². The fraction of sp³-hybridized carbons (Fsp3) is 0.111. The third-order valence-corrected chi connectivity index (χ3v) is 12.7. The van der Waals surface area contributed by atoms with Gasteiger partial charge in [-0.05, 0) is 53.1 Å². The lowest BCUT2D eigenvalue weighted by Gasteiger charge is -2.14. The van der Waals surface area contributed by atoms with Gasteiger partial charge in [0.1, 0.15) is 23.9 Å². The summed E-state index contributed by atoms with van der Waals surface area (Å²) >= 11 is 33.2. The second kappa shape index (κ2) is 23.9. The van der Waals surface area contributed by atoms with E-state index in [0.29, 0.717) is 38.5 Å². The molecule has 0 atom stereocenters. The van der Waals surface area contributed by atoms with E-state index in [1.165, 1.54) is 6.20 Å². The summed E-state index contributed by atoms with van der Waals surface area (Å²) in [6.45, 7) is 0.579. The third kappa shape index (κ3) is 14.8. The predicted octanol–water partition coefficient (Wildman–Crippen LogP) is 15.9. The molecule has 0 radical (unpaired) electrons. The first-order valence-electron chi connectivity index (χ1n) is 17.9. The Morgan fingerprint density at radius 3 is 1.51 bits per heavy atom. The number of halogens is 7. The van der Waals surface area contributed by atoms with Crippen LogP contribution in [0.2, 0.25) is 20.1 Å². The zero-order chi connectivity index (χ0) is 44.2. The predicted molar refractivity (Wildman–Crippen MR) is 261 cm³/mol. The summed E-state index contributed by atoms with van der Waals surface area (Å²) in [5, 5.41) is 1.22. The zero-order valence-electron chi connectivity index (χ0n) is 32.0. The molecule has 0 aliphatic heterocycles. The Kier molecular flexibility index (Phi) is 19.0. The molecule has 0 aliphatic rings. The number of hydrogen-bond acceptors (Lipinski definition) is 10. The molecule has 0 amide bonds. The minimum atomic E-state index is -4.13. The molecule has 63 heavy (non-hydrogen) atoms. The molecule has 0 saturated carbocycles. The van der Waals surface area contributed by atoms with Crippen LogP contribution < -0.4 is 23.7 Å². The maximum absolute atomic E-state index is 12.0. The second-order valence-corrected chi connectivity index (χ2v) is 19.7. The quantitative estimate of drug-likeness (QED) is 0.0728. The first kappa shape index (κ1) is 50.1. The van der Waals surface area contributed by atoms with Crippen molar-refractivity contribution in [3.05, 3.63) is 179 Å². The van der Waals surface area contributed by atoms with Gasteiger partial charge in [0.25, 0.3) is 9.05 Å². The smallest absolute Gasteiger partial charge is 0.265 e. The van der Waals surface area contributed by atoms with Crippen LogP contribution in [0.1, 0.15) is 24.1 Å². The molecular formula is C45H35Br2Cl5N2O7S2. The Morgan fingerprint density at radius 1 is 0.603 bits per heavy atom. The second-order valence-electron chi connectivity index (χ2n) is 12.7. The molecule has 0 N–H and O–H groups in total. The van der Waals surface area contributed by atoms with Gasteiger partial charge in [0.05, 0.1) is 44.5 Å². The van der Waals surface area contributed by atoms with Gasteiger partial charge in [0, 0.05) is 37.5 Å². The number of aromatic nitrogens is 2. The van der Waals surface area contributed by atoms with E-state index in [1.54, 1.807) is 49.3 Å². The lowest BCUT2D eigenvalue weighted by atomic mass is 10.2. The molecule has 7 rings (SSSR count). The van der Waals surface area contributed by atoms with Crippen molar-refractivity contribution in [1.82, 2.24) is 9.97 Å². The minimum absolute atomic E-state index is 0. The highest BCUT2D eigenvalue weighted by atomic mass is 79.9. The fourth-order valence-electron chi connectivity index (χ4n) is 5.26. The summed E-state index contributed by atoms with van der Waals surface area (Å²) in [5.74, 6) is 3.02. The lowest BCUT2D eigenvalue weighted by molar-refractivity contribution is 0.295. The lowest BCUT2D eigenvalue weighted by Crippen LogP contribution is -2.02. The molecule has 2 heterocycles. The van der Waals surface area contributed by atoms with E-state index in [1.807, 2.05) is 91.0 Å². The van der Waals surface area contributed by atoms with Gasteiger partial charge in [-0.25, -0.2) is 18.4 Å². The first-order chi connectivity index (χ1) is 29.7. The average Bonchev–Trinajstić information content (AvgIpc) is 3.25. The highest BCUT2D eigenvalue weighted by molar-refractivity contribution is 9.10. The molecule has 328 valence electrons. The fourth-order valence-corrected chi connectivity index (χ4v) is 9.74. The normalized spacial score (nSPS) is 10.8. The number of ether oxygens (including phenoxy) is 5. The topological polar surface area (TPSA) is 106 Å². The molecule has 2 aromatic heterocycles. The Labute approximate surface area is 411 Å². The van der Waals surface area contributed by atoms with Gasteiger partial charge in [-0.2, -0.15) is 0 Å². The van der Waals surface area contributed by atoms with Gasteiger partial charge in [0.2, 0.25) is 11.8 Å². The van der Waals surface area contributed by atoms with E-state index in [9.17, 15) is 8.42 Å². The Hall–Kier alpha value is -3.89. The van der Waals surface area contributed by atoms with Crippen LogP contribution in [0, 0.1) is 0 Å². The molecule has 0 spiro atoms. The summed E-state index contributed by atoms with van der Waals surface area (Å²) in [6, 6.07) is 36.8. The molecule has 0 saturated heterocycles. The van der Waals surface area contributed by atoms with Crippen molar-refractivity contribution >= 4 is 110 Å². The minimum Gasteiger partial charge on any atom is -0.497 e. The van der Waals surface area contributed by atoms with Crippen molar-refractivity contribution in [3.63, 3.8) is 0 Å². The maximum atomic E-state index is 12.0. The van der Waals surface area contributed by atoms with Crippen molar-refractivity contribution in [1.29, 1.82) is 0 Å². The monoisotopic (exact) mass is 1110 g/mol. The third-order valence-electron chi connectivity index (χ3n) is 8.24. The van der Waals surface area contributed by atoms with Crippen molar-refractivity contribution in [2.75, 3.05) is 7.11 Å². The molecule has 0 fully saturated rings. The number of rotatable bonds is 15. The van der Waals surface area contributed by atoms with Crippen LogP contribution in [-0.2, 0) is 28.0 Å². The molecule has 0 unspecified atom stereocenters. The standard InChI is InChI=1S/C26H20BrCl2NO3S.C18H11BrCl3NO4S.CH4/c1-31-20-9-7-18(8-10-20)16-34-24-13-25(33-26-21(28)11-19(27)12-22(26)29)30-14-23(24)32-15-17-5-3-2-4-6-17;19-12-6-13(20)18(14(21)7-12)27-17-8-16(28(22,24)25)15(9-23-17)26-10-11-4-2-1-3-5-11;/h2-14H,15-16H2,1H3;1-9H,10H2;1H4. The van der Waals surface area contributed by atoms with Crippen LogP contribution in [0.3, 0.4) is 0 Å². The maximum Gasteiger partial charge on any atom is 0.265 e. The summed E-state index contributed by atoms with van der Waals surface area (Å²) in [4.78, 5) is 9.10. The van der Waals surface area contributed by atoms with Gasteiger partial charge in [-0.1, -0.05) is 158 Å². The Balaban J connectivity index is 0.000000238. The van der Waals surface area contributed by atoms with Crippen LogP contribution in [0.4, 0.5) is 0 Å². The Morgan fingerprint density at radius 2 is 1.05 bits per heavy atom. The summed E-state index contributed by atoms with van der Waals surface area (Å²) in [6.07, 6.45) is 2.88. The van der Waals surface area contributed by atoms with Crippen LogP contribution >= 0.6 is 101 Å². The van der Waals surface area contributed by atoms with E-state index in [4.69, 9.17) is 80.8 Å². The van der Waals surface area contributed by atoms with E-state index in [0.717, 1.165) is 43.6 Å². The molecule has 18 heteroatoms. The number of nitrogens with zero attached hydrogens (tertiary/aromatic N) is 2. The van der Waals surface area contributed by atoms with E-state index in [2.05, 4.69) is 41.8 Å². The van der Waals surface area contributed by atoms with Crippen LogP contribution in [0.5, 0.6) is 40.5 Å². The highest BCUT2D eigenvalue weighted by Crippen LogP contribution is 2.42. The van der Waals surface area contributed by atoms with Gasteiger partial charge < -0.3 is 23.7 Å². The van der Waals surface area contributed by atoms with E-state index < -0.39 is 9.05 Å². The van der Waals surface area contributed by atoms with Crippen LogP contribution in [0.25, 0.3) is 0 Å². The summed E-state index contributed by atoms with van der Waals surface area (Å²) in [5.41, 5.74) is 3.08. The molecule has 0 bridgehead atoms. The number of benzene rings is 5. The SMILES string of the molecule is C.COc1ccc(CSc2cc(Oc3c(Cl)cc(Br)cc3Cl)ncc2OCc2ccccc2)cc1.O=S(=O)(Cl)c1cc(Oc2c(Cl)cc(Br)cc2Cl)ncc1OCc1ccccc1. The van der Waals surface area contributed by atoms with E-state index >= 15 is 0 Å². The zero-order valence-corrected chi connectivity index (χ0v) is 40.6. The van der Waals surface area contributed by atoms with Gasteiger partial charge >= 0.3 is 0 Å². The number of hydrogen-bond donors (Lipinski definition) is 0. The molecule has 0 aliphatic carbocycles. The summed E-state index contributed by atoms with van der Waals surface area (Å²) < 4.78 is 53.9. The molecule has 9 nitrogen and oxygen atoms in total. The molecule has 7 aromatic rings. The number of pyridine rings is 2. The van der Waals surface area contributed by atoms with Crippen LogP contribution in [0.15, 0.2) is 152 Å². The van der Waals surface area contributed by atoms with Gasteiger partial charge in [0.15, 0.2) is 23.0 Å². The first-order valence-corrected chi connectivity index (χ1v) is 24.3. The van der Waals surface area contributed by atoms with Crippen LogP contribution in [-0.4, -0.2) is 25.5 Å². The number of thioether (sulfide) groups is 1. The molecule has 5 aromatic carbocycles. The summed E-state index contributed by atoms with van der Waals surface area (Å²) in [7, 11) is 3.08. The van der Waals surface area contributed by atoms with E-state index in [-0.39, 0.29) is 46.4 Å². The van der Waals surface area contributed by atoms with Crippen molar-refractivity contribution < 1.29 is 32.1 Å². The number of methoxy groups -OCH3 is 1. The molecular weight excluding hydrogens is 1080 g/mol. The average molecular weight is 1120 g/mol. The van der Waals surface area contributed by atoms with Crippen molar-refractivity contribution in [2.24, 2.45) is 0 Å². The highest BCUT2D eigenvalue weighted by Gasteiger charge is 2.21. The Bertz CT molecular complexity index is 2700. The largest absolute Gasteiger partial charge is 0.497 e. The van der Waals surface area contributed by atoms with Crippen molar-refractivity contribution in [2.45, 2.75) is 36.2 Å².